The fourth-order valence-electron chi connectivity index (χ4n) is 4.03. The van der Waals surface area contributed by atoms with Crippen molar-refractivity contribution in [2.75, 3.05) is 39.3 Å². The number of hydrogen-bond acceptors (Lipinski definition) is 3. The maximum Gasteiger partial charge on any atom is 0.0223 e. The third-order valence-corrected chi connectivity index (χ3v) is 5.30. The third kappa shape index (κ3) is 2.89. The number of piperidine rings is 1. The summed E-state index contributed by atoms with van der Waals surface area (Å²) < 4.78 is 0. The smallest absolute Gasteiger partial charge is 0.0223 e. The van der Waals surface area contributed by atoms with E-state index in [2.05, 4.69) is 22.0 Å². The van der Waals surface area contributed by atoms with Crippen LogP contribution in [0.25, 0.3) is 0 Å². The Morgan fingerprint density at radius 1 is 1.17 bits per heavy atom. The summed E-state index contributed by atoms with van der Waals surface area (Å²) >= 11 is 0. The Morgan fingerprint density at radius 3 is 2.94 bits per heavy atom. The van der Waals surface area contributed by atoms with E-state index in [0.717, 1.165) is 18.0 Å². The minimum absolute atomic E-state index is 0.772. The Bertz CT molecular complexity index is 262. The van der Waals surface area contributed by atoms with E-state index in [4.69, 9.17) is 0 Å². The molecule has 3 unspecified atom stereocenters. The first-order valence-electron chi connectivity index (χ1n) is 8.02. The van der Waals surface area contributed by atoms with E-state index in [1.54, 1.807) is 0 Å². The molecule has 0 aliphatic carbocycles. The van der Waals surface area contributed by atoms with Crippen molar-refractivity contribution in [3.8, 4) is 0 Å². The molecule has 0 saturated carbocycles. The van der Waals surface area contributed by atoms with Gasteiger partial charge in [-0.2, -0.15) is 0 Å². The number of hydrogen-bond donors (Lipinski definition) is 1. The lowest BCUT2D eigenvalue weighted by molar-refractivity contribution is 0.0131. The van der Waals surface area contributed by atoms with Gasteiger partial charge in [-0.1, -0.05) is 6.42 Å². The summed E-state index contributed by atoms with van der Waals surface area (Å²) in [6.07, 6.45) is 7.13. The second-order valence-corrected chi connectivity index (χ2v) is 6.64. The highest BCUT2D eigenvalue weighted by Crippen LogP contribution is 2.25. The van der Waals surface area contributed by atoms with Gasteiger partial charge in [0, 0.05) is 25.2 Å². The Kier molecular flexibility index (Phi) is 4.22. The van der Waals surface area contributed by atoms with Gasteiger partial charge in [0.05, 0.1) is 0 Å². The van der Waals surface area contributed by atoms with Gasteiger partial charge in [-0.25, -0.2) is 0 Å². The number of fused-ring (bicyclic) bond motifs is 1. The Balaban J connectivity index is 1.49. The first kappa shape index (κ1) is 12.9. The molecule has 0 radical (unpaired) electrons. The molecular weight excluding hydrogens is 222 g/mol. The normalized spacial score (nSPS) is 38.8. The highest BCUT2D eigenvalue weighted by atomic mass is 15.3. The average Bonchev–Trinajstić information content (AvgIpc) is 2.89. The fraction of sp³-hybridized carbons (Fsp3) is 1.00. The maximum atomic E-state index is 3.49. The molecule has 3 nitrogen and oxygen atoms in total. The van der Waals surface area contributed by atoms with Crippen LogP contribution in [-0.4, -0.2) is 61.2 Å². The molecule has 0 amide bonds. The number of nitrogens with zero attached hydrogens (tertiary/aromatic N) is 2. The van der Waals surface area contributed by atoms with E-state index in [1.807, 2.05) is 0 Å². The molecule has 3 heterocycles. The molecule has 0 spiro atoms. The zero-order valence-electron chi connectivity index (χ0n) is 11.9. The molecule has 3 rings (SSSR count). The summed E-state index contributed by atoms with van der Waals surface area (Å²) in [6.45, 7) is 10.3. The van der Waals surface area contributed by atoms with E-state index in [1.165, 1.54) is 71.4 Å². The van der Waals surface area contributed by atoms with Crippen LogP contribution in [0.1, 0.15) is 39.0 Å². The van der Waals surface area contributed by atoms with Crippen LogP contribution in [-0.2, 0) is 0 Å². The van der Waals surface area contributed by atoms with Crippen LogP contribution >= 0.6 is 0 Å². The van der Waals surface area contributed by atoms with Crippen LogP contribution in [0.4, 0.5) is 0 Å². The fourth-order valence-corrected chi connectivity index (χ4v) is 4.03. The summed E-state index contributed by atoms with van der Waals surface area (Å²) in [4.78, 5) is 5.52. The third-order valence-electron chi connectivity index (χ3n) is 5.30. The lowest BCUT2D eigenvalue weighted by Crippen LogP contribution is -2.58. The van der Waals surface area contributed by atoms with Gasteiger partial charge in [0.15, 0.2) is 0 Å². The van der Waals surface area contributed by atoms with Crippen LogP contribution in [0.2, 0.25) is 0 Å². The van der Waals surface area contributed by atoms with Gasteiger partial charge < -0.3 is 5.32 Å². The van der Waals surface area contributed by atoms with Crippen LogP contribution in [0.15, 0.2) is 0 Å². The monoisotopic (exact) mass is 251 g/mol. The van der Waals surface area contributed by atoms with Crippen LogP contribution < -0.4 is 5.32 Å². The lowest BCUT2D eigenvalue weighted by Gasteiger charge is -2.47. The van der Waals surface area contributed by atoms with Crippen molar-refractivity contribution in [2.45, 2.75) is 51.1 Å². The Morgan fingerprint density at radius 2 is 2.11 bits per heavy atom. The first-order chi connectivity index (χ1) is 8.83. The highest BCUT2D eigenvalue weighted by molar-refractivity contribution is 4.89. The van der Waals surface area contributed by atoms with Crippen molar-refractivity contribution in [1.82, 2.24) is 15.1 Å². The van der Waals surface area contributed by atoms with Gasteiger partial charge in [-0.3, -0.25) is 9.80 Å². The predicted molar refractivity (Wildman–Crippen MR) is 75.8 cm³/mol. The molecule has 0 aromatic heterocycles. The molecule has 3 aliphatic heterocycles. The average molecular weight is 251 g/mol. The quantitative estimate of drug-likeness (QED) is 0.821. The molecule has 104 valence electrons. The van der Waals surface area contributed by atoms with Crippen LogP contribution in [0.5, 0.6) is 0 Å². The largest absolute Gasteiger partial charge is 0.316 e. The summed E-state index contributed by atoms with van der Waals surface area (Å²) in [5.74, 6) is 0.946. The molecule has 3 atom stereocenters. The van der Waals surface area contributed by atoms with Crippen molar-refractivity contribution in [3.05, 3.63) is 0 Å². The van der Waals surface area contributed by atoms with Gasteiger partial charge >= 0.3 is 0 Å². The molecule has 3 aliphatic rings. The van der Waals surface area contributed by atoms with Crippen molar-refractivity contribution in [1.29, 1.82) is 0 Å². The zero-order chi connectivity index (χ0) is 12.4. The molecule has 3 heteroatoms. The summed E-state index contributed by atoms with van der Waals surface area (Å²) in [5.41, 5.74) is 0. The van der Waals surface area contributed by atoms with Crippen molar-refractivity contribution in [3.63, 3.8) is 0 Å². The molecule has 3 saturated heterocycles. The van der Waals surface area contributed by atoms with Gasteiger partial charge in [0.1, 0.15) is 0 Å². The van der Waals surface area contributed by atoms with E-state index in [9.17, 15) is 0 Å². The molecular formula is C15H29N3. The van der Waals surface area contributed by atoms with E-state index >= 15 is 0 Å². The molecule has 0 bridgehead atoms. The van der Waals surface area contributed by atoms with E-state index < -0.39 is 0 Å². The first-order valence-corrected chi connectivity index (χ1v) is 8.02. The van der Waals surface area contributed by atoms with Crippen molar-refractivity contribution in [2.24, 2.45) is 5.92 Å². The van der Waals surface area contributed by atoms with E-state index in [0.29, 0.717) is 0 Å². The number of rotatable bonds is 3. The molecule has 0 aromatic carbocycles. The van der Waals surface area contributed by atoms with Gasteiger partial charge in [-0.15, -0.1) is 0 Å². The SMILES string of the molecule is CC1CN2CCCCC2CN1CCC1CCNC1. The van der Waals surface area contributed by atoms with Gasteiger partial charge in [0.25, 0.3) is 0 Å². The lowest BCUT2D eigenvalue weighted by atomic mass is 9.96. The zero-order valence-corrected chi connectivity index (χ0v) is 11.9. The van der Waals surface area contributed by atoms with Gasteiger partial charge in [0.2, 0.25) is 0 Å². The summed E-state index contributed by atoms with van der Waals surface area (Å²) in [5, 5.41) is 3.49. The topological polar surface area (TPSA) is 18.5 Å². The second kappa shape index (κ2) is 5.89. The minimum Gasteiger partial charge on any atom is -0.316 e. The van der Waals surface area contributed by atoms with Crippen LogP contribution in [0, 0.1) is 5.92 Å². The van der Waals surface area contributed by atoms with Crippen molar-refractivity contribution < 1.29 is 0 Å². The molecule has 18 heavy (non-hydrogen) atoms. The number of nitrogens with one attached hydrogen (secondary N) is 1. The van der Waals surface area contributed by atoms with E-state index in [-0.39, 0.29) is 0 Å². The standard InChI is InChI=1S/C15H29N3/c1-13-11-18-8-3-2-4-15(18)12-17(13)9-6-14-5-7-16-10-14/h13-16H,2-12H2,1H3. The highest BCUT2D eigenvalue weighted by Gasteiger charge is 2.32. The minimum atomic E-state index is 0.772. The maximum absolute atomic E-state index is 3.49. The predicted octanol–water partition coefficient (Wildman–Crippen LogP) is 1.54. The number of piperazine rings is 1. The van der Waals surface area contributed by atoms with Gasteiger partial charge in [-0.05, 0) is 64.7 Å². The Hall–Kier alpha value is -0.120. The van der Waals surface area contributed by atoms with Crippen molar-refractivity contribution >= 4 is 0 Å². The molecule has 1 N–H and O–H groups in total. The summed E-state index contributed by atoms with van der Waals surface area (Å²) in [6, 6.07) is 1.64. The molecule has 0 aromatic rings. The molecule has 3 fully saturated rings. The second-order valence-electron chi connectivity index (χ2n) is 6.64. The summed E-state index contributed by atoms with van der Waals surface area (Å²) in [7, 11) is 0. The van der Waals surface area contributed by atoms with Crippen LogP contribution in [0.3, 0.4) is 0 Å². The Labute approximate surface area is 112 Å².